The number of fused-ring (bicyclic) bond motifs is 2. The molecule has 0 N–H and O–H groups in total. The molecular formula is C14H16FNO3S. The smallest absolute Gasteiger partial charge is 0.247 e. The minimum atomic E-state index is -3.75. The molecule has 0 aromatic heterocycles. The van der Waals surface area contributed by atoms with Gasteiger partial charge in [0.2, 0.25) is 10.0 Å². The summed E-state index contributed by atoms with van der Waals surface area (Å²) in [4.78, 5) is -0.0906. The molecule has 3 rings (SSSR count). The molecule has 1 fully saturated rings. The van der Waals surface area contributed by atoms with Crippen LogP contribution in [0.2, 0.25) is 0 Å². The van der Waals surface area contributed by atoms with Gasteiger partial charge in [-0.3, -0.25) is 0 Å². The molecule has 1 aromatic carbocycles. The van der Waals surface area contributed by atoms with Crippen molar-refractivity contribution in [1.29, 1.82) is 0 Å². The summed E-state index contributed by atoms with van der Waals surface area (Å²) in [6, 6.07) is 3.44. The van der Waals surface area contributed by atoms with Gasteiger partial charge in [0.1, 0.15) is 16.5 Å². The van der Waals surface area contributed by atoms with Crippen LogP contribution in [0, 0.1) is 5.82 Å². The van der Waals surface area contributed by atoms with Crippen molar-refractivity contribution in [3.05, 3.63) is 36.2 Å². The van der Waals surface area contributed by atoms with Crippen LogP contribution in [0.25, 0.3) is 0 Å². The van der Waals surface area contributed by atoms with Gasteiger partial charge in [0.15, 0.2) is 0 Å². The molecule has 20 heavy (non-hydrogen) atoms. The van der Waals surface area contributed by atoms with Gasteiger partial charge in [-0.25, -0.2) is 12.8 Å². The molecule has 0 saturated carbocycles. The third-order valence-electron chi connectivity index (χ3n) is 3.93. The van der Waals surface area contributed by atoms with Crippen molar-refractivity contribution in [3.8, 4) is 5.75 Å². The van der Waals surface area contributed by atoms with Crippen molar-refractivity contribution >= 4 is 10.0 Å². The lowest BCUT2D eigenvalue weighted by Gasteiger charge is -2.30. The Morgan fingerprint density at radius 2 is 2.15 bits per heavy atom. The molecule has 2 bridgehead atoms. The van der Waals surface area contributed by atoms with E-state index in [0.717, 1.165) is 18.9 Å². The first-order valence-electron chi connectivity index (χ1n) is 6.58. The highest BCUT2D eigenvalue weighted by molar-refractivity contribution is 7.89. The number of halogens is 1. The standard InChI is InChI=1S/C14H16FNO3S/c1-19-13-8-5-10(15)9-14(13)20(17,18)16-11-3-2-4-12(16)7-6-11/h2-3,5,8-9,11-12H,4,6-7H2,1H3. The molecule has 4 nitrogen and oxygen atoms in total. The molecule has 0 aliphatic carbocycles. The zero-order chi connectivity index (χ0) is 14.3. The quantitative estimate of drug-likeness (QED) is 0.804. The minimum absolute atomic E-state index is 0.0250. The molecule has 2 heterocycles. The number of methoxy groups -OCH3 is 1. The molecule has 1 saturated heterocycles. The van der Waals surface area contributed by atoms with Gasteiger partial charge in [0.05, 0.1) is 7.11 Å². The monoisotopic (exact) mass is 297 g/mol. The lowest BCUT2D eigenvalue weighted by Crippen LogP contribution is -2.42. The molecular weight excluding hydrogens is 281 g/mol. The molecule has 0 amide bonds. The highest BCUT2D eigenvalue weighted by atomic mass is 32.2. The maximum Gasteiger partial charge on any atom is 0.247 e. The second kappa shape index (κ2) is 4.86. The molecule has 0 spiro atoms. The summed E-state index contributed by atoms with van der Waals surface area (Å²) in [5.74, 6) is -0.398. The van der Waals surface area contributed by atoms with Crippen molar-refractivity contribution in [1.82, 2.24) is 4.31 Å². The Kier molecular flexibility index (Phi) is 3.30. The first-order chi connectivity index (χ1) is 9.54. The van der Waals surface area contributed by atoms with Crippen LogP contribution in [0.1, 0.15) is 19.3 Å². The number of benzene rings is 1. The average molecular weight is 297 g/mol. The lowest BCUT2D eigenvalue weighted by atomic mass is 10.2. The van der Waals surface area contributed by atoms with Gasteiger partial charge in [0.25, 0.3) is 0 Å². The Hall–Kier alpha value is -1.40. The topological polar surface area (TPSA) is 46.6 Å². The van der Waals surface area contributed by atoms with Crippen molar-refractivity contribution in [3.63, 3.8) is 0 Å². The van der Waals surface area contributed by atoms with Gasteiger partial charge < -0.3 is 4.74 Å². The predicted molar refractivity (Wildman–Crippen MR) is 72.5 cm³/mol. The van der Waals surface area contributed by atoms with Crippen molar-refractivity contribution < 1.29 is 17.5 Å². The minimum Gasteiger partial charge on any atom is -0.495 e. The summed E-state index contributed by atoms with van der Waals surface area (Å²) in [5.41, 5.74) is 0. The van der Waals surface area contributed by atoms with E-state index in [0.29, 0.717) is 6.42 Å². The molecule has 108 valence electrons. The fraction of sp³-hybridized carbons (Fsp3) is 0.429. The van der Waals surface area contributed by atoms with Crippen LogP contribution in [0.3, 0.4) is 0 Å². The van der Waals surface area contributed by atoms with E-state index >= 15 is 0 Å². The van der Waals surface area contributed by atoms with Crippen molar-refractivity contribution in [2.24, 2.45) is 0 Å². The van der Waals surface area contributed by atoms with Crippen molar-refractivity contribution in [2.45, 2.75) is 36.2 Å². The fourth-order valence-electron chi connectivity index (χ4n) is 3.02. The van der Waals surface area contributed by atoms with Crippen molar-refractivity contribution in [2.75, 3.05) is 7.11 Å². The third kappa shape index (κ3) is 2.03. The van der Waals surface area contributed by atoms with E-state index in [4.69, 9.17) is 4.74 Å². The van der Waals surface area contributed by atoms with Crippen LogP contribution in [0.5, 0.6) is 5.75 Å². The molecule has 2 aliphatic heterocycles. The molecule has 2 atom stereocenters. The molecule has 6 heteroatoms. The summed E-state index contributed by atoms with van der Waals surface area (Å²) in [6.07, 6.45) is 6.32. The predicted octanol–water partition coefficient (Wildman–Crippen LogP) is 2.32. The van der Waals surface area contributed by atoms with E-state index in [1.165, 1.54) is 23.5 Å². The number of ether oxygens (including phenoxy) is 1. The van der Waals surface area contributed by atoms with E-state index in [2.05, 4.69) is 0 Å². The maximum atomic E-state index is 13.4. The largest absolute Gasteiger partial charge is 0.495 e. The molecule has 2 unspecified atom stereocenters. The van der Waals surface area contributed by atoms with Gasteiger partial charge in [-0.1, -0.05) is 12.2 Å². The third-order valence-corrected chi connectivity index (χ3v) is 5.93. The van der Waals surface area contributed by atoms with Crippen LogP contribution < -0.4 is 4.74 Å². The van der Waals surface area contributed by atoms with Crippen LogP contribution in [0.4, 0.5) is 4.39 Å². The van der Waals surface area contributed by atoms with Gasteiger partial charge in [-0.2, -0.15) is 4.31 Å². The van der Waals surface area contributed by atoms with Crippen LogP contribution in [-0.2, 0) is 10.0 Å². The van der Waals surface area contributed by atoms with Gasteiger partial charge in [0, 0.05) is 12.1 Å². The Bertz CT molecular complexity index is 656. The Balaban J connectivity index is 2.09. The van der Waals surface area contributed by atoms with E-state index in [-0.39, 0.29) is 22.7 Å². The normalized spacial score (nSPS) is 25.9. The number of nitrogens with zero attached hydrogens (tertiary/aromatic N) is 1. The van der Waals surface area contributed by atoms with E-state index in [9.17, 15) is 12.8 Å². The van der Waals surface area contributed by atoms with E-state index < -0.39 is 15.8 Å². The second-order valence-electron chi connectivity index (χ2n) is 5.09. The first kappa shape index (κ1) is 13.6. The van der Waals surface area contributed by atoms with Crippen LogP contribution >= 0.6 is 0 Å². The highest BCUT2D eigenvalue weighted by Crippen LogP contribution is 2.38. The van der Waals surface area contributed by atoms with Gasteiger partial charge in [-0.15, -0.1) is 0 Å². The fourth-order valence-corrected chi connectivity index (χ4v) is 5.03. The summed E-state index contributed by atoms with van der Waals surface area (Å²) < 4.78 is 45.7. The summed E-state index contributed by atoms with van der Waals surface area (Å²) in [7, 11) is -2.36. The Morgan fingerprint density at radius 1 is 1.35 bits per heavy atom. The zero-order valence-electron chi connectivity index (χ0n) is 11.1. The van der Waals surface area contributed by atoms with E-state index in [1.54, 1.807) is 0 Å². The highest BCUT2D eigenvalue weighted by Gasteiger charge is 2.43. The number of sulfonamides is 1. The van der Waals surface area contributed by atoms with E-state index in [1.807, 2.05) is 12.2 Å². The Labute approximate surface area is 117 Å². The SMILES string of the molecule is COc1ccc(F)cc1S(=O)(=O)N1C2C=CCC1CC2. The van der Waals surface area contributed by atoms with Crippen LogP contribution in [0.15, 0.2) is 35.2 Å². The van der Waals surface area contributed by atoms with Gasteiger partial charge in [-0.05, 0) is 37.5 Å². The number of hydrogen-bond donors (Lipinski definition) is 0. The van der Waals surface area contributed by atoms with Crippen LogP contribution in [-0.4, -0.2) is 31.9 Å². The second-order valence-corrected chi connectivity index (χ2v) is 6.90. The van der Waals surface area contributed by atoms with Gasteiger partial charge >= 0.3 is 0 Å². The number of hydrogen-bond acceptors (Lipinski definition) is 3. The first-order valence-corrected chi connectivity index (χ1v) is 8.02. The molecule has 2 aliphatic rings. The maximum absolute atomic E-state index is 13.4. The summed E-state index contributed by atoms with van der Waals surface area (Å²) in [6.45, 7) is 0. The number of rotatable bonds is 3. The average Bonchev–Trinajstić information content (AvgIpc) is 2.70. The Morgan fingerprint density at radius 3 is 2.85 bits per heavy atom. The molecule has 0 radical (unpaired) electrons. The zero-order valence-corrected chi connectivity index (χ0v) is 11.9. The lowest BCUT2D eigenvalue weighted by molar-refractivity contribution is 0.336. The summed E-state index contributed by atoms with van der Waals surface area (Å²) >= 11 is 0. The molecule has 1 aromatic rings. The summed E-state index contributed by atoms with van der Waals surface area (Å²) in [5, 5.41) is 0.